The van der Waals surface area contributed by atoms with Crippen LogP contribution >= 0.6 is 11.6 Å². The monoisotopic (exact) mass is 331 g/mol. The van der Waals surface area contributed by atoms with Crippen molar-refractivity contribution in [3.8, 4) is 0 Å². The third kappa shape index (κ3) is 2.51. The molecule has 0 saturated heterocycles. The Bertz CT molecular complexity index is 908. The zero-order valence-corrected chi connectivity index (χ0v) is 14.3. The molecule has 0 aliphatic rings. The number of halogens is 1. The van der Waals surface area contributed by atoms with Crippen LogP contribution in [-0.2, 0) is 6.54 Å². The number of carbonyl (C=O) groups excluding carboxylic acids is 1. The molecule has 0 saturated carbocycles. The van der Waals surface area contributed by atoms with Crippen LogP contribution in [0.1, 0.15) is 34.4 Å². The molecule has 0 aliphatic heterocycles. The van der Waals surface area contributed by atoms with Gasteiger partial charge in [-0.3, -0.25) is 9.48 Å². The molecule has 0 atom stereocenters. The number of anilines is 1. The van der Waals surface area contributed by atoms with E-state index in [4.69, 9.17) is 16.0 Å². The van der Waals surface area contributed by atoms with Gasteiger partial charge in [0.15, 0.2) is 11.3 Å². The van der Waals surface area contributed by atoms with Crippen LogP contribution in [0.2, 0.25) is 5.02 Å². The van der Waals surface area contributed by atoms with E-state index in [0.717, 1.165) is 34.6 Å². The lowest BCUT2D eigenvalue weighted by Crippen LogP contribution is -2.13. The molecule has 0 aliphatic carbocycles. The molecule has 0 spiro atoms. The molecule has 0 fully saturated rings. The van der Waals surface area contributed by atoms with Gasteiger partial charge in [-0.2, -0.15) is 5.10 Å². The Hall–Kier alpha value is -2.27. The van der Waals surface area contributed by atoms with Crippen molar-refractivity contribution in [2.24, 2.45) is 0 Å². The molecular formula is C17H18ClN3O2. The second-order valence-corrected chi connectivity index (χ2v) is 5.90. The minimum absolute atomic E-state index is 0.274. The number of furan rings is 1. The van der Waals surface area contributed by atoms with Crippen molar-refractivity contribution >= 4 is 34.2 Å². The van der Waals surface area contributed by atoms with Crippen LogP contribution in [0.25, 0.3) is 11.0 Å². The van der Waals surface area contributed by atoms with Crippen molar-refractivity contribution in [2.75, 3.05) is 5.32 Å². The molecule has 2 aromatic heterocycles. The maximum atomic E-state index is 12.6. The average Bonchev–Trinajstić information content (AvgIpc) is 3.00. The number of nitrogens with zero attached hydrogens (tertiary/aromatic N) is 2. The summed E-state index contributed by atoms with van der Waals surface area (Å²) in [6.07, 6.45) is 0. The molecular weight excluding hydrogens is 314 g/mol. The van der Waals surface area contributed by atoms with Gasteiger partial charge in [-0.25, -0.2) is 0 Å². The van der Waals surface area contributed by atoms with Crippen LogP contribution in [0.15, 0.2) is 22.6 Å². The van der Waals surface area contributed by atoms with Crippen LogP contribution in [0, 0.1) is 20.8 Å². The van der Waals surface area contributed by atoms with Crippen molar-refractivity contribution in [1.82, 2.24) is 9.78 Å². The molecule has 0 bridgehead atoms. The Morgan fingerprint density at radius 1 is 1.35 bits per heavy atom. The summed E-state index contributed by atoms with van der Waals surface area (Å²) in [4.78, 5) is 12.6. The Morgan fingerprint density at radius 2 is 2.09 bits per heavy atom. The largest absolute Gasteiger partial charge is 0.449 e. The fourth-order valence-corrected chi connectivity index (χ4v) is 2.99. The van der Waals surface area contributed by atoms with E-state index in [1.54, 1.807) is 6.07 Å². The number of fused-ring (bicyclic) bond motifs is 1. The standard InChI is InChI=1S/C17H18ClN3O2/c1-5-21-11(4)14(10(3)20-21)19-17(22)15-9(2)12-7-6-8-13(18)16(12)23-15/h6-8H,5H2,1-4H3,(H,19,22). The van der Waals surface area contributed by atoms with Crippen LogP contribution in [0.4, 0.5) is 5.69 Å². The fourth-order valence-electron chi connectivity index (χ4n) is 2.78. The van der Waals surface area contributed by atoms with E-state index >= 15 is 0 Å². The molecule has 1 aromatic carbocycles. The lowest BCUT2D eigenvalue weighted by Gasteiger charge is -2.05. The fraction of sp³-hybridized carbons (Fsp3) is 0.294. The summed E-state index contributed by atoms with van der Waals surface area (Å²) in [5, 5.41) is 8.66. The van der Waals surface area contributed by atoms with Gasteiger partial charge in [-0.1, -0.05) is 23.7 Å². The molecule has 1 N–H and O–H groups in total. The van der Waals surface area contributed by atoms with Gasteiger partial charge in [-0.15, -0.1) is 0 Å². The van der Waals surface area contributed by atoms with E-state index in [0.29, 0.717) is 10.6 Å². The summed E-state index contributed by atoms with van der Waals surface area (Å²) in [5.74, 6) is -0.0206. The molecule has 3 aromatic rings. The van der Waals surface area contributed by atoms with Gasteiger partial charge < -0.3 is 9.73 Å². The molecule has 5 nitrogen and oxygen atoms in total. The molecule has 23 heavy (non-hydrogen) atoms. The topological polar surface area (TPSA) is 60.1 Å². The number of hydrogen-bond donors (Lipinski definition) is 1. The number of benzene rings is 1. The highest BCUT2D eigenvalue weighted by atomic mass is 35.5. The lowest BCUT2D eigenvalue weighted by molar-refractivity contribution is 0.0997. The summed E-state index contributed by atoms with van der Waals surface area (Å²) in [5.41, 5.74) is 3.74. The van der Waals surface area contributed by atoms with E-state index in [9.17, 15) is 4.79 Å². The molecule has 0 unspecified atom stereocenters. The van der Waals surface area contributed by atoms with E-state index in [-0.39, 0.29) is 11.7 Å². The quantitative estimate of drug-likeness (QED) is 0.769. The number of hydrogen-bond acceptors (Lipinski definition) is 3. The average molecular weight is 332 g/mol. The Labute approximate surface area is 139 Å². The second-order valence-electron chi connectivity index (χ2n) is 5.49. The number of para-hydroxylation sites is 1. The van der Waals surface area contributed by atoms with Gasteiger partial charge in [0.25, 0.3) is 5.91 Å². The molecule has 6 heteroatoms. The van der Waals surface area contributed by atoms with Crippen molar-refractivity contribution in [1.29, 1.82) is 0 Å². The third-order valence-electron chi connectivity index (χ3n) is 4.04. The van der Waals surface area contributed by atoms with Crippen molar-refractivity contribution in [3.63, 3.8) is 0 Å². The first-order valence-electron chi connectivity index (χ1n) is 7.47. The molecule has 0 radical (unpaired) electrons. The second kappa shape index (κ2) is 5.74. The van der Waals surface area contributed by atoms with E-state index in [1.165, 1.54) is 0 Å². The number of amides is 1. The normalized spacial score (nSPS) is 11.2. The number of nitrogens with one attached hydrogen (secondary N) is 1. The number of aryl methyl sites for hydroxylation is 3. The first-order chi connectivity index (χ1) is 10.9. The highest BCUT2D eigenvalue weighted by Gasteiger charge is 2.21. The number of rotatable bonds is 3. The summed E-state index contributed by atoms with van der Waals surface area (Å²) in [6, 6.07) is 5.48. The highest BCUT2D eigenvalue weighted by molar-refractivity contribution is 6.35. The summed E-state index contributed by atoms with van der Waals surface area (Å²) in [6.45, 7) is 8.42. The van der Waals surface area contributed by atoms with E-state index in [2.05, 4.69) is 10.4 Å². The van der Waals surface area contributed by atoms with Crippen LogP contribution in [0.5, 0.6) is 0 Å². The molecule has 120 valence electrons. The van der Waals surface area contributed by atoms with Crippen LogP contribution in [0.3, 0.4) is 0 Å². The Kier molecular flexibility index (Phi) is 3.90. The Morgan fingerprint density at radius 3 is 2.70 bits per heavy atom. The van der Waals surface area contributed by atoms with Crippen molar-refractivity contribution in [3.05, 3.63) is 45.9 Å². The predicted molar refractivity (Wildman–Crippen MR) is 91.3 cm³/mol. The van der Waals surface area contributed by atoms with Gasteiger partial charge >= 0.3 is 0 Å². The summed E-state index contributed by atoms with van der Waals surface area (Å²) >= 11 is 6.14. The third-order valence-corrected chi connectivity index (χ3v) is 4.34. The first kappa shape index (κ1) is 15.6. The number of carbonyl (C=O) groups is 1. The lowest BCUT2D eigenvalue weighted by atomic mass is 10.1. The SMILES string of the molecule is CCn1nc(C)c(NC(=O)c2oc3c(Cl)cccc3c2C)c1C. The maximum Gasteiger partial charge on any atom is 0.291 e. The molecule has 3 rings (SSSR count). The summed E-state index contributed by atoms with van der Waals surface area (Å²) < 4.78 is 7.56. The minimum Gasteiger partial charge on any atom is -0.449 e. The van der Waals surface area contributed by atoms with Gasteiger partial charge in [0.2, 0.25) is 0 Å². The summed E-state index contributed by atoms with van der Waals surface area (Å²) in [7, 11) is 0. The van der Waals surface area contributed by atoms with E-state index < -0.39 is 0 Å². The minimum atomic E-state index is -0.295. The zero-order valence-electron chi connectivity index (χ0n) is 13.5. The maximum absolute atomic E-state index is 12.6. The number of aromatic nitrogens is 2. The zero-order chi connectivity index (χ0) is 16.7. The van der Waals surface area contributed by atoms with Crippen molar-refractivity contribution in [2.45, 2.75) is 34.2 Å². The molecule has 1 amide bonds. The van der Waals surface area contributed by atoms with Crippen LogP contribution < -0.4 is 5.32 Å². The van der Waals surface area contributed by atoms with Gasteiger partial charge in [-0.05, 0) is 33.8 Å². The first-order valence-corrected chi connectivity index (χ1v) is 7.84. The van der Waals surface area contributed by atoms with Gasteiger partial charge in [0.1, 0.15) is 0 Å². The van der Waals surface area contributed by atoms with Gasteiger partial charge in [0.05, 0.1) is 22.1 Å². The highest BCUT2D eigenvalue weighted by Crippen LogP contribution is 2.31. The van der Waals surface area contributed by atoms with Crippen molar-refractivity contribution < 1.29 is 9.21 Å². The Balaban J connectivity index is 2.00. The van der Waals surface area contributed by atoms with Crippen LogP contribution in [-0.4, -0.2) is 15.7 Å². The van der Waals surface area contributed by atoms with E-state index in [1.807, 2.05) is 44.5 Å². The molecule has 2 heterocycles. The van der Waals surface area contributed by atoms with Gasteiger partial charge in [0, 0.05) is 17.5 Å². The smallest absolute Gasteiger partial charge is 0.291 e. The predicted octanol–water partition coefficient (Wildman–Crippen LogP) is 4.48.